The molecule has 0 heterocycles. The zero-order valence-corrected chi connectivity index (χ0v) is 7.00. The number of rotatable bonds is 5. The quantitative estimate of drug-likeness (QED) is 0.630. The van der Waals surface area contributed by atoms with Gasteiger partial charge in [0.2, 0.25) is 0 Å². The fraction of sp³-hybridized carbons (Fsp3) is 0.625. The van der Waals surface area contributed by atoms with Crippen molar-refractivity contribution in [1.29, 1.82) is 0 Å². The van der Waals surface area contributed by atoms with Crippen molar-refractivity contribution in [3.05, 3.63) is 12.8 Å². The van der Waals surface area contributed by atoms with Gasteiger partial charge in [-0.25, -0.2) is 4.79 Å². The first-order valence-corrected chi connectivity index (χ1v) is 3.67. The summed E-state index contributed by atoms with van der Waals surface area (Å²) in [5.74, 6) is -0.442. The summed E-state index contributed by atoms with van der Waals surface area (Å²) in [5.41, 5.74) is 0. The molecule has 0 saturated heterocycles. The van der Waals surface area contributed by atoms with Crippen LogP contribution in [0.3, 0.4) is 0 Å². The van der Waals surface area contributed by atoms with E-state index in [2.05, 4.69) is 11.9 Å². The summed E-state index contributed by atoms with van der Waals surface area (Å²) >= 11 is 0. The van der Waals surface area contributed by atoms with Gasteiger partial charge < -0.3 is 10.4 Å². The highest BCUT2D eigenvalue weighted by Gasteiger charge is 2.15. The Bertz CT molecular complexity index is 143. The minimum absolute atomic E-state index is 0.378. The predicted molar refractivity (Wildman–Crippen MR) is 44.2 cm³/mol. The summed E-state index contributed by atoms with van der Waals surface area (Å²) in [7, 11) is 0. The maximum atomic E-state index is 10.5. The van der Waals surface area contributed by atoms with Crippen LogP contribution >= 0.6 is 0 Å². The van der Waals surface area contributed by atoms with E-state index < -0.39 is 12.0 Å². The zero-order chi connectivity index (χ0) is 8.85. The molecule has 3 nitrogen and oxygen atoms in total. The van der Waals surface area contributed by atoms with Gasteiger partial charge in [0, 0.05) is 0 Å². The van der Waals surface area contributed by atoms with Crippen molar-refractivity contribution < 1.29 is 9.90 Å². The summed E-state index contributed by atoms with van der Waals surface area (Å²) in [4.78, 5) is 10.5. The molecule has 3 heteroatoms. The van der Waals surface area contributed by atoms with E-state index in [1.54, 1.807) is 0 Å². The van der Waals surface area contributed by atoms with Gasteiger partial charge in [-0.2, -0.15) is 0 Å². The Balaban J connectivity index is 3.88. The van der Waals surface area contributed by atoms with Gasteiger partial charge in [-0.05, 0) is 18.5 Å². The van der Waals surface area contributed by atoms with Gasteiger partial charge in [0.05, 0.1) is 0 Å². The number of aliphatic carboxylic acids is 1. The van der Waals surface area contributed by atoms with Crippen LogP contribution in [0.25, 0.3) is 0 Å². The van der Waals surface area contributed by atoms with Gasteiger partial charge in [0.15, 0.2) is 0 Å². The molecular weight excluding hydrogens is 142 g/mol. The maximum Gasteiger partial charge on any atom is 0.326 e. The summed E-state index contributed by atoms with van der Waals surface area (Å²) in [6.45, 7) is 7.39. The third-order valence-electron chi connectivity index (χ3n) is 1.32. The SMILES string of the molecule is C=CNC(CC(C)C)C(=O)O. The maximum absolute atomic E-state index is 10.5. The van der Waals surface area contributed by atoms with Crippen molar-refractivity contribution in [3.8, 4) is 0 Å². The Morgan fingerprint density at radius 3 is 2.55 bits per heavy atom. The first-order valence-electron chi connectivity index (χ1n) is 3.67. The minimum atomic E-state index is -0.821. The Morgan fingerprint density at radius 2 is 2.27 bits per heavy atom. The van der Waals surface area contributed by atoms with Gasteiger partial charge >= 0.3 is 5.97 Å². The monoisotopic (exact) mass is 157 g/mol. The molecule has 1 atom stereocenters. The number of carboxylic acid groups (broad SMARTS) is 1. The Labute approximate surface area is 67.1 Å². The average molecular weight is 157 g/mol. The second-order valence-electron chi connectivity index (χ2n) is 2.89. The molecule has 0 radical (unpaired) electrons. The molecule has 0 saturated carbocycles. The van der Waals surface area contributed by atoms with Crippen LogP contribution in [0, 0.1) is 5.92 Å². The van der Waals surface area contributed by atoms with Gasteiger partial charge in [-0.3, -0.25) is 0 Å². The molecule has 1 unspecified atom stereocenters. The Hall–Kier alpha value is -0.990. The largest absolute Gasteiger partial charge is 0.480 e. The molecule has 0 aliphatic heterocycles. The van der Waals surface area contributed by atoms with E-state index in [0.29, 0.717) is 12.3 Å². The van der Waals surface area contributed by atoms with Crippen molar-refractivity contribution in [3.63, 3.8) is 0 Å². The van der Waals surface area contributed by atoms with E-state index in [9.17, 15) is 4.79 Å². The normalized spacial score (nSPS) is 12.6. The van der Waals surface area contributed by atoms with Crippen LogP contribution in [0.1, 0.15) is 20.3 Å². The molecule has 2 N–H and O–H groups in total. The van der Waals surface area contributed by atoms with Gasteiger partial charge in [-0.15, -0.1) is 0 Å². The van der Waals surface area contributed by atoms with Crippen LogP contribution in [0.4, 0.5) is 0 Å². The highest BCUT2D eigenvalue weighted by atomic mass is 16.4. The first-order chi connectivity index (χ1) is 5.07. The van der Waals surface area contributed by atoms with Crippen molar-refractivity contribution >= 4 is 5.97 Å². The van der Waals surface area contributed by atoms with Crippen LogP contribution in [-0.2, 0) is 4.79 Å². The fourth-order valence-corrected chi connectivity index (χ4v) is 0.854. The zero-order valence-electron chi connectivity index (χ0n) is 7.00. The topological polar surface area (TPSA) is 49.3 Å². The molecule has 0 aromatic heterocycles. The molecule has 0 rings (SSSR count). The number of carboxylic acids is 1. The summed E-state index contributed by atoms with van der Waals surface area (Å²) in [6.07, 6.45) is 2.04. The number of carbonyl (C=O) groups is 1. The van der Waals surface area contributed by atoms with Gasteiger partial charge in [0.25, 0.3) is 0 Å². The highest BCUT2D eigenvalue weighted by Crippen LogP contribution is 2.04. The summed E-state index contributed by atoms with van der Waals surface area (Å²) < 4.78 is 0. The fourth-order valence-electron chi connectivity index (χ4n) is 0.854. The van der Waals surface area contributed by atoms with Gasteiger partial charge in [-0.1, -0.05) is 20.4 Å². The average Bonchev–Trinajstić information content (AvgIpc) is 1.86. The predicted octanol–water partition coefficient (Wildman–Crippen LogP) is 1.22. The van der Waals surface area contributed by atoms with Crippen LogP contribution in [-0.4, -0.2) is 17.1 Å². The third-order valence-corrected chi connectivity index (χ3v) is 1.32. The summed E-state index contributed by atoms with van der Waals surface area (Å²) in [5, 5.41) is 11.3. The van der Waals surface area contributed by atoms with E-state index in [1.165, 1.54) is 6.20 Å². The molecule has 0 aromatic rings. The van der Waals surface area contributed by atoms with Crippen LogP contribution in [0.5, 0.6) is 0 Å². The molecule has 0 aromatic carbocycles. The number of hydrogen-bond acceptors (Lipinski definition) is 2. The van der Waals surface area contributed by atoms with E-state index in [1.807, 2.05) is 13.8 Å². The second kappa shape index (κ2) is 4.77. The second-order valence-corrected chi connectivity index (χ2v) is 2.89. The molecule has 0 spiro atoms. The van der Waals surface area contributed by atoms with Gasteiger partial charge in [0.1, 0.15) is 6.04 Å². The van der Waals surface area contributed by atoms with E-state index in [-0.39, 0.29) is 0 Å². The minimum Gasteiger partial charge on any atom is -0.480 e. The lowest BCUT2D eigenvalue weighted by atomic mass is 10.0. The standard InChI is InChI=1S/C8H15NO2/c1-4-9-7(8(10)11)5-6(2)3/h4,6-7,9H,1,5H2,2-3H3,(H,10,11). The van der Waals surface area contributed by atoms with Crippen molar-refractivity contribution in [2.45, 2.75) is 26.3 Å². The van der Waals surface area contributed by atoms with E-state index in [0.717, 1.165) is 0 Å². The number of nitrogens with one attached hydrogen (secondary N) is 1. The van der Waals surface area contributed by atoms with Crippen molar-refractivity contribution in [2.24, 2.45) is 5.92 Å². The molecule has 11 heavy (non-hydrogen) atoms. The lowest BCUT2D eigenvalue weighted by molar-refractivity contribution is -0.139. The first kappa shape index (κ1) is 10.0. The van der Waals surface area contributed by atoms with Crippen molar-refractivity contribution in [1.82, 2.24) is 5.32 Å². The lowest BCUT2D eigenvalue weighted by Crippen LogP contribution is -2.34. The van der Waals surface area contributed by atoms with E-state index >= 15 is 0 Å². The molecular formula is C8H15NO2. The Morgan fingerprint density at radius 1 is 1.73 bits per heavy atom. The molecule has 0 amide bonds. The van der Waals surface area contributed by atoms with Crippen LogP contribution < -0.4 is 5.32 Å². The third kappa shape index (κ3) is 4.42. The van der Waals surface area contributed by atoms with Crippen molar-refractivity contribution in [2.75, 3.05) is 0 Å². The molecule has 64 valence electrons. The van der Waals surface area contributed by atoms with Crippen LogP contribution in [0.15, 0.2) is 12.8 Å². The Kier molecular flexibility index (Phi) is 4.34. The summed E-state index contributed by atoms with van der Waals surface area (Å²) in [6, 6.07) is -0.493. The highest BCUT2D eigenvalue weighted by molar-refractivity contribution is 5.73. The lowest BCUT2D eigenvalue weighted by Gasteiger charge is -2.13. The molecule has 0 fully saturated rings. The molecule has 0 aliphatic carbocycles. The van der Waals surface area contributed by atoms with Crippen LogP contribution in [0.2, 0.25) is 0 Å². The smallest absolute Gasteiger partial charge is 0.326 e. The molecule has 0 aliphatic rings. The molecule has 0 bridgehead atoms. The number of hydrogen-bond donors (Lipinski definition) is 2. The van der Waals surface area contributed by atoms with E-state index in [4.69, 9.17) is 5.11 Å².